The number of nitrogens with one attached hydrogen (secondary N) is 1. The standard InChI is InChI=1S/C9H20ClNO2S/c1-4-8(5-2)9(10)7-11-14(12,13)6-3/h8-9,11H,4-7H2,1-3H3. The zero-order valence-electron chi connectivity index (χ0n) is 9.09. The Morgan fingerprint density at radius 2 is 1.71 bits per heavy atom. The van der Waals surface area contributed by atoms with Gasteiger partial charge in [0.2, 0.25) is 10.0 Å². The fraction of sp³-hybridized carbons (Fsp3) is 1.00. The predicted octanol–water partition coefficient (Wildman–Crippen LogP) is 1.97. The number of sulfonamides is 1. The zero-order chi connectivity index (χ0) is 11.2. The Kier molecular flexibility index (Phi) is 6.74. The molecule has 86 valence electrons. The molecule has 0 aromatic heterocycles. The normalized spacial score (nSPS) is 14.6. The fourth-order valence-electron chi connectivity index (χ4n) is 1.28. The summed E-state index contributed by atoms with van der Waals surface area (Å²) in [5, 5.41) is -0.105. The first-order valence-corrected chi connectivity index (χ1v) is 7.17. The topological polar surface area (TPSA) is 46.2 Å². The Morgan fingerprint density at radius 3 is 2.07 bits per heavy atom. The molecule has 0 radical (unpaired) electrons. The molecule has 3 nitrogen and oxygen atoms in total. The molecule has 0 aliphatic carbocycles. The molecule has 14 heavy (non-hydrogen) atoms. The van der Waals surface area contributed by atoms with Gasteiger partial charge in [-0.25, -0.2) is 13.1 Å². The number of alkyl halides is 1. The smallest absolute Gasteiger partial charge is 0.211 e. The van der Waals surface area contributed by atoms with E-state index in [1.54, 1.807) is 6.92 Å². The predicted molar refractivity (Wildman–Crippen MR) is 61.2 cm³/mol. The van der Waals surface area contributed by atoms with E-state index in [0.717, 1.165) is 12.8 Å². The average molecular weight is 242 g/mol. The van der Waals surface area contributed by atoms with E-state index >= 15 is 0 Å². The molecule has 0 aromatic carbocycles. The number of halogens is 1. The molecule has 0 heterocycles. The lowest BCUT2D eigenvalue weighted by atomic mass is 9.99. The molecule has 0 amide bonds. The van der Waals surface area contributed by atoms with Crippen molar-refractivity contribution in [1.82, 2.24) is 4.72 Å². The van der Waals surface area contributed by atoms with E-state index in [2.05, 4.69) is 18.6 Å². The van der Waals surface area contributed by atoms with Crippen molar-refractivity contribution in [3.05, 3.63) is 0 Å². The van der Waals surface area contributed by atoms with Gasteiger partial charge in [0.15, 0.2) is 0 Å². The van der Waals surface area contributed by atoms with E-state index in [1.807, 2.05) is 0 Å². The van der Waals surface area contributed by atoms with Gasteiger partial charge in [-0.15, -0.1) is 11.6 Å². The summed E-state index contributed by atoms with van der Waals surface area (Å²) in [4.78, 5) is 0. The van der Waals surface area contributed by atoms with Crippen molar-refractivity contribution in [1.29, 1.82) is 0 Å². The second kappa shape index (κ2) is 6.64. The molecule has 0 aliphatic rings. The van der Waals surface area contributed by atoms with Crippen LogP contribution in [0.1, 0.15) is 33.6 Å². The monoisotopic (exact) mass is 241 g/mol. The van der Waals surface area contributed by atoms with Gasteiger partial charge in [-0.1, -0.05) is 26.7 Å². The SMILES string of the molecule is CCC(CC)C(Cl)CNS(=O)(=O)CC. The van der Waals surface area contributed by atoms with E-state index in [4.69, 9.17) is 11.6 Å². The quantitative estimate of drug-likeness (QED) is 0.693. The molecule has 0 aliphatic heterocycles. The van der Waals surface area contributed by atoms with E-state index < -0.39 is 10.0 Å². The second-order valence-corrected chi connectivity index (χ2v) is 6.00. The van der Waals surface area contributed by atoms with Gasteiger partial charge in [0, 0.05) is 11.9 Å². The fourth-order valence-corrected chi connectivity index (χ4v) is 2.44. The van der Waals surface area contributed by atoms with Crippen LogP contribution in [0.5, 0.6) is 0 Å². The van der Waals surface area contributed by atoms with E-state index in [-0.39, 0.29) is 11.1 Å². The van der Waals surface area contributed by atoms with Crippen LogP contribution in [0.25, 0.3) is 0 Å². The highest BCUT2D eigenvalue weighted by Crippen LogP contribution is 2.17. The zero-order valence-corrected chi connectivity index (χ0v) is 10.7. The first-order valence-electron chi connectivity index (χ1n) is 5.08. The van der Waals surface area contributed by atoms with Gasteiger partial charge in [-0.05, 0) is 12.8 Å². The molecule has 0 spiro atoms. The Morgan fingerprint density at radius 1 is 1.21 bits per heavy atom. The molecule has 1 atom stereocenters. The maximum atomic E-state index is 11.1. The molecule has 1 N–H and O–H groups in total. The summed E-state index contributed by atoms with van der Waals surface area (Å²) in [6.45, 7) is 6.09. The Labute approximate surface area is 92.3 Å². The van der Waals surface area contributed by atoms with Crippen molar-refractivity contribution in [2.45, 2.75) is 39.0 Å². The van der Waals surface area contributed by atoms with Crippen LogP contribution >= 0.6 is 11.6 Å². The summed E-state index contributed by atoms with van der Waals surface area (Å²) in [5.74, 6) is 0.496. The number of rotatable bonds is 7. The van der Waals surface area contributed by atoms with Crippen molar-refractivity contribution >= 4 is 21.6 Å². The lowest BCUT2D eigenvalue weighted by Gasteiger charge is -2.19. The summed E-state index contributed by atoms with van der Waals surface area (Å²) in [5.41, 5.74) is 0. The van der Waals surface area contributed by atoms with E-state index in [0.29, 0.717) is 12.5 Å². The van der Waals surface area contributed by atoms with Gasteiger partial charge in [0.05, 0.1) is 5.75 Å². The van der Waals surface area contributed by atoms with Crippen LogP contribution in [0.2, 0.25) is 0 Å². The van der Waals surface area contributed by atoms with Gasteiger partial charge in [-0.2, -0.15) is 0 Å². The van der Waals surface area contributed by atoms with Crippen molar-refractivity contribution in [2.75, 3.05) is 12.3 Å². The summed E-state index contributed by atoms with van der Waals surface area (Å²) in [6.07, 6.45) is 1.97. The second-order valence-electron chi connectivity index (χ2n) is 3.34. The minimum absolute atomic E-state index is 0.105. The average Bonchev–Trinajstić information content (AvgIpc) is 2.17. The molecule has 0 saturated heterocycles. The molecular formula is C9H20ClNO2S. The molecule has 0 saturated carbocycles. The van der Waals surface area contributed by atoms with Crippen LogP contribution in [0, 0.1) is 5.92 Å². The van der Waals surface area contributed by atoms with Gasteiger partial charge < -0.3 is 0 Å². The van der Waals surface area contributed by atoms with Crippen LogP contribution < -0.4 is 4.72 Å². The van der Waals surface area contributed by atoms with Crippen LogP contribution in [-0.4, -0.2) is 26.1 Å². The summed E-state index contributed by atoms with van der Waals surface area (Å²) >= 11 is 6.08. The third-order valence-corrected chi connectivity index (χ3v) is 4.32. The van der Waals surface area contributed by atoms with Crippen LogP contribution in [-0.2, 0) is 10.0 Å². The summed E-state index contributed by atoms with van der Waals surface area (Å²) in [6, 6.07) is 0. The first kappa shape index (κ1) is 14.2. The third-order valence-electron chi connectivity index (χ3n) is 2.44. The van der Waals surface area contributed by atoms with Crippen molar-refractivity contribution in [2.24, 2.45) is 5.92 Å². The molecule has 0 fully saturated rings. The highest BCUT2D eigenvalue weighted by Gasteiger charge is 2.17. The molecule has 0 bridgehead atoms. The van der Waals surface area contributed by atoms with Crippen LogP contribution in [0.15, 0.2) is 0 Å². The highest BCUT2D eigenvalue weighted by molar-refractivity contribution is 7.89. The Hall–Kier alpha value is 0.200. The molecule has 0 rings (SSSR count). The van der Waals surface area contributed by atoms with Crippen molar-refractivity contribution in [3.8, 4) is 0 Å². The minimum atomic E-state index is -3.10. The summed E-state index contributed by atoms with van der Waals surface area (Å²) < 4.78 is 24.8. The van der Waals surface area contributed by atoms with Crippen LogP contribution in [0.3, 0.4) is 0 Å². The Bertz CT molecular complexity index is 237. The van der Waals surface area contributed by atoms with Crippen molar-refractivity contribution in [3.63, 3.8) is 0 Å². The molecular weight excluding hydrogens is 222 g/mol. The third kappa shape index (κ3) is 5.17. The van der Waals surface area contributed by atoms with Gasteiger partial charge >= 0.3 is 0 Å². The molecule has 1 unspecified atom stereocenters. The van der Waals surface area contributed by atoms with Crippen LogP contribution in [0.4, 0.5) is 0 Å². The summed E-state index contributed by atoms with van der Waals surface area (Å²) in [7, 11) is -3.10. The van der Waals surface area contributed by atoms with E-state index in [1.165, 1.54) is 0 Å². The maximum Gasteiger partial charge on any atom is 0.211 e. The minimum Gasteiger partial charge on any atom is -0.214 e. The lowest BCUT2D eigenvalue weighted by molar-refractivity contribution is 0.460. The van der Waals surface area contributed by atoms with Crippen molar-refractivity contribution < 1.29 is 8.42 Å². The largest absolute Gasteiger partial charge is 0.214 e. The molecule has 0 aromatic rings. The first-order chi connectivity index (χ1) is 6.46. The Balaban J connectivity index is 4.01. The van der Waals surface area contributed by atoms with Gasteiger partial charge in [0.25, 0.3) is 0 Å². The van der Waals surface area contributed by atoms with Gasteiger partial charge in [0.1, 0.15) is 0 Å². The number of hydrogen-bond donors (Lipinski definition) is 1. The van der Waals surface area contributed by atoms with Gasteiger partial charge in [-0.3, -0.25) is 0 Å². The lowest BCUT2D eigenvalue weighted by Crippen LogP contribution is -2.34. The molecule has 5 heteroatoms. The number of hydrogen-bond acceptors (Lipinski definition) is 2. The van der Waals surface area contributed by atoms with E-state index in [9.17, 15) is 8.42 Å². The highest BCUT2D eigenvalue weighted by atomic mass is 35.5. The maximum absolute atomic E-state index is 11.1.